The van der Waals surface area contributed by atoms with E-state index in [0.717, 1.165) is 18.7 Å². The Balaban J connectivity index is 1.87. The topological polar surface area (TPSA) is 49.8 Å². The zero-order chi connectivity index (χ0) is 14.7. The van der Waals surface area contributed by atoms with E-state index in [1.165, 1.54) is 12.1 Å². The number of alkyl halides is 2. The van der Waals surface area contributed by atoms with Crippen LogP contribution in [0, 0.1) is 5.92 Å². The van der Waals surface area contributed by atoms with Crippen LogP contribution in [0.5, 0.6) is 5.75 Å². The van der Waals surface area contributed by atoms with Gasteiger partial charge in [0.05, 0.1) is 6.42 Å². The van der Waals surface area contributed by atoms with Crippen molar-refractivity contribution in [3.8, 4) is 5.75 Å². The molecule has 1 unspecified atom stereocenters. The van der Waals surface area contributed by atoms with E-state index in [0.29, 0.717) is 0 Å². The summed E-state index contributed by atoms with van der Waals surface area (Å²) in [6.45, 7) is 0.705. The summed E-state index contributed by atoms with van der Waals surface area (Å²) in [6, 6.07) is 6.69. The first-order valence-corrected chi connectivity index (χ1v) is 6.46. The van der Waals surface area contributed by atoms with Gasteiger partial charge in [-0.2, -0.15) is 8.78 Å². The molecule has 1 atom stereocenters. The lowest BCUT2D eigenvalue weighted by Crippen LogP contribution is -2.48. The number of hydrogen-bond donors (Lipinski definition) is 1. The normalized spacial score (nSPS) is 17.8. The summed E-state index contributed by atoms with van der Waals surface area (Å²) < 4.78 is 28.4. The predicted octanol–water partition coefficient (Wildman–Crippen LogP) is 2.76. The van der Waals surface area contributed by atoms with E-state index in [1.807, 2.05) is 6.92 Å². The Morgan fingerprint density at radius 1 is 1.40 bits per heavy atom. The van der Waals surface area contributed by atoms with Crippen LogP contribution in [0.4, 0.5) is 8.78 Å². The maximum absolute atomic E-state index is 12.0. The fourth-order valence-electron chi connectivity index (χ4n) is 2.44. The van der Waals surface area contributed by atoms with E-state index < -0.39 is 12.6 Å². The Bertz CT molecular complexity index is 458. The molecule has 1 aromatic carbocycles. The van der Waals surface area contributed by atoms with Crippen LogP contribution in [0.15, 0.2) is 24.3 Å². The molecule has 1 N–H and O–H groups in total. The Labute approximate surface area is 116 Å². The Morgan fingerprint density at radius 2 is 2.00 bits per heavy atom. The second-order valence-corrected chi connectivity index (χ2v) is 5.04. The molecule has 1 saturated heterocycles. The van der Waals surface area contributed by atoms with Gasteiger partial charge < -0.3 is 9.84 Å². The number of nitrogens with zero attached hydrogens (tertiary/aromatic N) is 1. The number of rotatable bonds is 6. The van der Waals surface area contributed by atoms with Crippen molar-refractivity contribution in [2.45, 2.75) is 26.0 Å². The van der Waals surface area contributed by atoms with Gasteiger partial charge in [0.15, 0.2) is 0 Å². The van der Waals surface area contributed by atoms with Gasteiger partial charge in [-0.3, -0.25) is 9.69 Å². The van der Waals surface area contributed by atoms with Crippen molar-refractivity contribution < 1.29 is 23.4 Å². The monoisotopic (exact) mass is 285 g/mol. The summed E-state index contributed by atoms with van der Waals surface area (Å²) in [7, 11) is 0. The number of aliphatic carboxylic acids is 1. The van der Waals surface area contributed by atoms with Crippen molar-refractivity contribution in [1.82, 2.24) is 4.90 Å². The fourth-order valence-corrected chi connectivity index (χ4v) is 2.44. The highest BCUT2D eigenvalue weighted by molar-refractivity contribution is 5.67. The second kappa shape index (κ2) is 6.17. The first-order chi connectivity index (χ1) is 9.45. The first-order valence-electron chi connectivity index (χ1n) is 6.46. The van der Waals surface area contributed by atoms with E-state index in [2.05, 4.69) is 9.64 Å². The maximum atomic E-state index is 12.0. The number of carboxylic acids is 1. The molecule has 0 bridgehead atoms. The smallest absolute Gasteiger partial charge is 0.387 e. The Hall–Kier alpha value is -1.69. The van der Waals surface area contributed by atoms with Crippen LogP contribution in [-0.4, -0.2) is 35.7 Å². The number of ether oxygens (including phenoxy) is 1. The molecule has 0 aliphatic carbocycles. The van der Waals surface area contributed by atoms with Gasteiger partial charge in [0.1, 0.15) is 5.75 Å². The molecule has 1 aliphatic heterocycles. The zero-order valence-electron chi connectivity index (χ0n) is 11.1. The molecular weight excluding hydrogens is 268 g/mol. The highest BCUT2D eigenvalue weighted by Gasteiger charge is 2.32. The van der Waals surface area contributed by atoms with Gasteiger partial charge in [-0.1, -0.05) is 12.1 Å². The maximum Gasteiger partial charge on any atom is 0.387 e. The Kier molecular flexibility index (Phi) is 4.54. The number of halogens is 2. The van der Waals surface area contributed by atoms with E-state index in [1.54, 1.807) is 12.1 Å². The van der Waals surface area contributed by atoms with Gasteiger partial charge in [0.2, 0.25) is 0 Å². The Morgan fingerprint density at radius 3 is 2.50 bits per heavy atom. The summed E-state index contributed by atoms with van der Waals surface area (Å²) >= 11 is 0. The predicted molar refractivity (Wildman–Crippen MR) is 68.8 cm³/mol. The molecule has 0 spiro atoms. The van der Waals surface area contributed by atoms with Crippen molar-refractivity contribution in [1.29, 1.82) is 0 Å². The fraction of sp³-hybridized carbons (Fsp3) is 0.500. The molecule has 1 heterocycles. The van der Waals surface area contributed by atoms with Gasteiger partial charge >= 0.3 is 12.6 Å². The van der Waals surface area contributed by atoms with Gasteiger partial charge in [0.25, 0.3) is 0 Å². The minimum atomic E-state index is -2.81. The molecule has 0 aromatic heterocycles. The second-order valence-electron chi connectivity index (χ2n) is 5.04. The molecule has 0 radical (unpaired) electrons. The third-order valence-corrected chi connectivity index (χ3v) is 3.58. The lowest BCUT2D eigenvalue weighted by Gasteiger charge is -2.42. The standard InChI is InChI=1S/C14H17F2NO3/c1-9(17-7-10(8-17)6-13(18)19)11-2-4-12(5-3-11)20-14(15)16/h2-5,9-10,14H,6-8H2,1H3,(H,18,19). The number of likely N-dealkylation sites (tertiary alicyclic amines) is 1. The molecule has 20 heavy (non-hydrogen) atoms. The summed E-state index contributed by atoms with van der Waals surface area (Å²) in [5.74, 6) is -0.421. The van der Waals surface area contributed by atoms with Gasteiger partial charge in [0, 0.05) is 19.1 Å². The third kappa shape index (κ3) is 3.66. The molecule has 0 amide bonds. The number of benzene rings is 1. The van der Waals surface area contributed by atoms with E-state index in [9.17, 15) is 13.6 Å². The van der Waals surface area contributed by atoms with Crippen LogP contribution >= 0.6 is 0 Å². The highest BCUT2D eigenvalue weighted by Crippen LogP contribution is 2.30. The van der Waals surface area contributed by atoms with Crippen LogP contribution in [0.3, 0.4) is 0 Å². The van der Waals surface area contributed by atoms with Crippen molar-refractivity contribution in [2.75, 3.05) is 13.1 Å². The minimum Gasteiger partial charge on any atom is -0.481 e. The van der Waals surface area contributed by atoms with Crippen LogP contribution in [0.25, 0.3) is 0 Å². The van der Waals surface area contributed by atoms with Crippen LogP contribution < -0.4 is 4.74 Å². The molecular formula is C14H17F2NO3. The molecule has 1 fully saturated rings. The van der Waals surface area contributed by atoms with E-state index in [-0.39, 0.29) is 24.1 Å². The molecule has 4 nitrogen and oxygen atoms in total. The third-order valence-electron chi connectivity index (χ3n) is 3.58. The average molecular weight is 285 g/mol. The summed E-state index contributed by atoms with van der Waals surface area (Å²) in [4.78, 5) is 12.7. The van der Waals surface area contributed by atoms with Crippen LogP contribution in [0.2, 0.25) is 0 Å². The molecule has 110 valence electrons. The van der Waals surface area contributed by atoms with Gasteiger partial charge in [-0.25, -0.2) is 0 Å². The number of carbonyl (C=O) groups is 1. The molecule has 1 aliphatic rings. The van der Waals surface area contributed by atoms with Crippen molar-refractivity contribution in [3.63, 3.8) is 0 Å². The summed E-state index contributed by atoms with van der Waals surface area (Å²) in [6.07, 6.45) is 0.199. The zero-order valence-corrected chi connectivity index (χ0v) is 11.1. The molecule has 0 saturated carbocycles. The summed E-state index contributed by atoms with van der Waals surface area (Å²) in [5.41, 5.74) is 1.00. The average Bonchev–Trinajstić information content (AvgIpc) is 2.32. The number of carboxylic acid groups (broad SMARTS) is 1. The SMILES string of the molecule is CC(c1ccc(OC(F)F)cc1)N1CC(CC(=O)O)C1. The summed E-state index contributed by atoms with van der Waals surface area (Å²) in [5, 5.41) is 8.70. The van der Waals surface area contributed by atoms with Gasteiger partial charge in [-0.05, 0) is 30.5 Å². The van der Waals surface area contributed by atoms with Crippen molar-refractivity contribution >= 4 is 5.97 Å². The molecule has 6 heteroatoms. The van der Waals surface area contributed by atoms with E-state index >= 15 is 0 Å². The van der Waals surface area contributed by atoms with E-state index in [4.69, 9.17) is 5.11 Å². The highest BCUT2D eigenvalue weighted by atomic mass is 19.3. The quantitative estimate of drug-likeness (QED) is 0.873. The largest absolute Gasteiger partial charge is 0.481 e. The minimum absolute atomic E-state index is 0.139. The first kappa shape index (κ1) is 14.7. The molecule has 1 aromatic rings. The lowest BCUT2D eigenvalue weighted by molar-refractivity contribution is -0.139. The van der Waals surface area contributed by atoms with Crippen LogP contribution in [0.1, 0.15) is 24.9 Å². The lowest BCUT2D eigenvalue weighted by atomic mass is 9.92. The van der Waals surface area contributed by atoms with Gasteiger partial charge in [-0.15, -0.1) is 0 Å². The van der Waals surface area contributed by atoms with Crippen LogP contribution in [-0.2, 0) is 4.79 Å². The number of hydrogen-bond acceptors (Lipinski definition) is 3. The van der Waals surface area contributed by atoms with Crippen molar-refractivity contribution in [3.05, 3.63) is 29.8 Å². The van der Waals surface area contributed by atoms with Crippen molar-refractivity contribution in [2.24, 2.45) is 5.92 Å². The molecule has 2 rings (SSSR count).